The summed E-state index contributed by atoms with van der Waals surface area (Å²) in [4.78, 5) is 15.9. The van der Waals surface area contributed by atoms with E-state index in [-0.39, 0.29) is 11.6 Å². The number of carbonyl (C=O) groups is 1. The molecule has 1 aromatic heterocycles. The number of nitrogens with zero attached hydrogens (tertiary/aromatic N) is 1. The first-order valence-corrected chi connectivity index (χ1v) is 7.75. The number of amides is 1. The third-order valence-electron chi connectivity index (χ3n) is 2.69. The van der Waals surface area contributed by atoms with E-state index in [4.69, 9.17) is 0 Å². The van der Waals surface area contributed by atoms with Gasteiger partial charge < -0.3 is 0 Å². The summed E-state index contributed by atoms with van der Waals surface area (Å²) in [5.41, 5.74) is 0.950. The fourth-order valence-corrected chi connectivity index (χ4v) is 2.17. The highest BCUT2D eigenvalue weighted by atomic mass is 32.2. The Kier molecular flexibility index (Phi) is 4.84. The molecule has 0 saturated carbocycles. The van der Waals surface area contributed by atoms with Gasteiger partial charge in [0.2, 0.25) is 10.0 Å². The number of carbonyl (C=O) groups excluding carboxylic acids is 1. The fraction of sp³-hybridized carbons (Fsp3) is 0.500. The van der Waals surface area contributed by atoms with Gasteiger partial charge in [-0.2, -0.15) is 0 Å². The largest absolute Gasteiger partial charge is 0.283 e. The Labute approximate surface area is 108 Å². The zero-order valence-electron chi connectivity index (χ0n) is 10.8. The minimum Gasteiger partial charge on any atom is -0.266 e. The average molecular weight is 270 g/mol. The molecule has 0 atom stereocenters. The van der Waals surface area contributed by atoms with Crippen LogP contribution in [0.2, 0.25) is 0 Å². The lowest BCUT2D eigenvalue weighted by atomic mass is 9.99. The molecule has 1 amide bonds. The van der Waals surface area contributed by atoms with E-state index >= 15 is 0 Å². The summed E-state index contributed by atoms with van der Waals surface area (Å²) in [6.45, 7) is 4.11. The van der Waals surface area contributed by atoms with Crippen LogP contribution in [0.1, 0.15) is 48.8 Å². The van der Waals surface area contributed by atoms with E-state index in [9.17, 15) is 13.2 Å². The van der Waals surface area contributed by atoms with Crippen LogP contribution >= 0.6 is 0 Å². The molecule has 0 bridgehead atoms. The molecule has 1 heterocycles. The molecule has 0 aromatic carbocycles. The van der Waals surface area contributed by atoms with E-state index in [1.54, 1.807) is 6.07 Å². The van der Waals surface area contributed by atoms with Gasteiger partial charge in [0.1, 0.15) is 5.69 Å². The van der Waals surface area contributed by atoms with Gasteiger partial charge in [0.15, 0.2) is 0 Å². The molecule has 6 heteroatoms. The maximum absolute atomic E-state index is 11.7. The van der Waals surface area contributed by atoms with Gasteiger partial charge in [-0.25, -0.2) is 18.1 Å². The van der Waals surface area contributed by atoms with Crippen LogP contribution in [0.3, 0.4) is 0 Å². The van der Waals surface area contributed by atoms with E-state index in [2.05, 4.69) is 18.8 Å². The first-order chi connectivity index (χ1) is 8.37. The Morgan fingerprint density at radius 1 is 1.33 bits per heavy atom. The fourth-order valence-electron chi connectivity index (χ4n) is 1.73. The van der Waals surface area contributed by atoms with Crippen molar-refractivity contribution in [1.29, 1.82) is 0 Å². The lowest BCUT2D eigenvalue weighted by molar-refractivity contribution is 0.0976. The van der Waals surface area contributed by atoms with Crippen molar-refractivity contribution in [3.05, 3.63) is 29.6 Å². The Balaban J connectivity index is 2.98. The van der Waals surface area contributed by atoms with Crippen molar-refractivity contribution in [3.8, 4) is 0 Å². The molecule has 1 N–H and O–H groups in total. The minimum atomic E-state index is -3.56. The number of sulfonamides is 1. The molecule has 5 nitrogen and oxygen atoms in total. The molecule has 0 aliphatic heterocycles. The maximum Gasteiger partial charge on any atom is 0.283 e. The van der Waals surface area contributed by atoms with E-state index < -0.39 is 15.9 Å². The van der Waals surface area contributed by atoms with Crippen LogP contribution in [0.5, 0.6) is 0 Å². The summed E-state index contributed by atoms with van der Waals surface area (Å²) < 4.78 is 23.9. The van der Waals surface area contributed by atoms with Crippen LogP contribution in [0.15, 0.2) is 18.2 Å². The Bertz CT molecular complexity index is 522. The maximum atomic E-state index is 11.7. The van der Waals surface area contributed by atoms with E-state index in [0.29, 0.717) is 0 Å². The van der Waals surface area contributed by atoms with E-state index in [1.807, 2.05) is 10.8 Å². The normalized spacial score (nSPS) is 11.6. The zero-order valence-corrected chi connectivity index (χ0v) is 11.6. The molecule has 1 aromatic rings. The van der Waals surface area contributed by atoms with Gasteiger partial charge in [-0.3, -0.25) is 4.79 Å². The van der Waals surface area contributed by atoms with Crippen molar-refractivity contribution in [2.24, 2.45) is 0 Å². The number of nitrogens with one attached hydrogen (secondary N) is 1. The van der Waals surface area contributed by atoms with Crippen molar-refractivity contribution in [1.82, 2.24) is 9.71 Å². The predicted octanol–water partition coefficient (Wildman–Crippen LogP) is 1.67. The SMILES string of the molecule is CCC(CC)c1cccc(C(=O)NS(C)(=O)=O)n1. The smallest absolute Gasteiger partial charge is 0.266 e. The number of hydrogen-bond acceptors (Lipinski definition) is 4. The summed E-state index contributed by atoms with van der Waals surface area (Å²) in [5, 5.41) is 0. The molecule has 18 heavy (non-hydrogen) atoms. The van der Waals surface area contributed by atoms with Crippen LogP contribution in [-0.4, -0.2) is 25.6 Å². The van der Waals surface area contributed by atoms with Gasteiger partial charge in [-0.1, -0.05) is 19.9 Å². The second-order valence-electron chi connectivity index (χ2n) is 4.16. The highest BCUT2D eigenvalue weighted by molar-refractivity contribution is 7.89. The van der Waals surface area contributed by atoms with Crippen LogP contribution in [0.25, 0.3) is 0 Å². The number of pyridine rings is 1. The van der Waals surface area contributed by atoms with Gasteiger partial charge in [-0.05, 0) is 25.0 Å². The first kappa shape index (κ1) is 14.6. The van der Waals surface area contributed by atoms with Crippen LogP contribution in [0, 0.1) is 0 Å². The molecule has 0 unspecified atom stereocenters. The number of aromatic nitrogens is 1. The van der Waals surface area contributed by atoms with E-state index in [1.165, 1.54) is 6.07 Å². The third-order valence-corrected chi connectivity index (χ3v) is 3.24. The highest BCUT2D eigenvalue weighted by Crippen LogP contribution is 2.20. The molecule has 1 rings (SSSR count). The molecule has 0 aliphatic carbocycles. The minimum absolute atomic E-state index is 0.129. The summed E-state index contributed by atoms with van der Waals surface area (Å²) >= 11 is 0. The first-order valence-electron chi connectivity index (χ1n) is 5.86. The van der Waals surface area contributed by atoms with Gasteiger partial charge in [0.25, 0.3) is 5.91 Å². The summed E-state index contributed by atoms with van der Waals surface area (Å²) in [6.07, 6.45) is 2.80. The van der Waals surface area contributed by atoms with Crippen molar-refractivity contribution >= 4 is 15.9 Å². The quantitative estimate of drug-likeness (QED) is 0.883. The molecule has 0 saturated heterocycles. The predicted molar refractivity (Wildman–Crippen MR) is 69.9 cm³/mol. The van der Waals surface area contributed by atoms with Gasteiger partial charge in [0, 0.05) is 11.6 Å². The van der Waals surface area contributed by atoms with Crippen LogP contribution in [-0.2, 0) is 10.0 Å². The Hall–Kier alpha value is -1.43. The van der Waals surface area contributed by atoms with Crippen LogP contribution < -0.4 is 4.72 Å². The molecule has 0 aliphatic rings. The monoisotopic (exact) mass is 270 g/mol. The summed E-state index contributed by atoms with van der Waals surface area (Å²) in [6, 6.07) is 5.08. The topological polar surface area (TPSA) is 76.1 Å². The number of rotatable bonds is 5. The molecule has 0 spiro atoms. The second kappa shape index (κ2) is 5.95. The average Bonchev–Trinajstić information content (AvgIpc) is 2.29. The molecule has 0 fully saturated rings. The number of hydrogen-bond donors (Lipinski definition) is 1. The van der Waals surface area contributed by atoms with Crippen molar-refractivity contribution in [2.45, 2.75) is 32.6 Å². The van der Waals surface area contributed by atoms with E-state index in [0.717, 1.165) is 24.8 Å². The standard InChI is InChI=1S/C12H18N2O3S/c1-4-9(5-2)10-7-6-8-11(13-10)12(15)14-18(3,16)17/h6-9H,4-5H2,1-3H3,(H,14,15). The van der Waals surface area contributed by atoms with Gasteiger partial charge >= 0.3 is 0 Å². The molecular formula is C12H18N2O3S. The lowest BCUT2D eigenvalue weighted by Crippen LogP contribution is -2.30. The molecule has 100 valence electrons. The third kappa shape index (κ3) is 4.10. The summed E-state index contributed by atoms with van der Waals surface area (Å²) in [7, 11) is -3.56. The molecule has 0 radical (unpaired) electrons. The lowest BCUT2D eigenvalue weighted by Gasteiger charge is -2.12. The van der Waals surface area contributed by atoms with Crippen molar-refractivity contribution in [2.75, 3.05) is 6.26 Å². The molecular weight excluding hydrogens is 252 g/mol. The Morgan fingerprint density at radius 3 is 2.44 bits per heavy atom. The highest BCUT2D eigenvalue weighted by Gasteiger charge is 2.15. The summed E-state index contributed by atoms with van der Waals surface area (Å²) in [5.74, 6) is -0.402. The van der Waals surface area contributed by atoms with Crippen molar-refractivity contribution < 1.29 is 13.2 Å². The van der Waals surface area contributed by atoms with Crippen molar-refractivity contribution in [3.63, 3.8) is 0 Å². The Morgan fingerprint density at radius 2 is 1.94 bits per heavy atom. The van der Waals surface area contributed by atoms with Gasteiger partial charge in [-0.15, -0.1) is 0 Å². The second-order valence-corrected chi connectivity index (χ2v) is 5.91. The van der Waals surface area contributed by atoms with Gasteiger partial charge in [0.05, 0.1) is 6.26 Å². The zero-order chi connectivity index (χ0) is 13.8. The van der Waals surface area contributed by atoms with Crippen LogP contribution in [0.4, 0.5) is 0 Å².